The van der Waals surface area contributed by atoms with Crippen LogP contribution in [0.4, 0.5) is 0 Å². The van der Waals surface area contributed by atoms with Crippen LogP contribution < -0.4 is 0 Å². The Morgan fingerprint density at radius 2 is 1.47 bits per heavy atom. The van der Waals surface area contributed by atoms with Gasteiger partial charge in [-0.25, -0.2) is 0 Å². The lowest BCUT2D eigenvalue weighted by atomic mass is 9.71. The van der Waals surface area contributed by atoms with Crippen LogP contribution in [0.25, 0.3) is 0 Å². The Balaban J connectivity index is 2.78. The quantitative estimate of drug-likeness (QED) is 0.769. The molecule has 1 fully saturated rings. The zero-order valence-electron chi connectivity index (χ0n) is 13.9. The highest BCUT2D eigenvalue weighted by Gasteiger charge is 2.37. The largest absolute Gasteiger partial charge is 0.340 e. The van der Waals surface area contributed by atoms with Crippen LogP contribution in [0, 0.1) is 16.7 Å². The molecule has 3 heteroatoms. The number of nitrogens with zero attached hydrogens (tertiary/aromatic N) is 2. The molecule has 1 aliphatic heterocycles. The highest BCUT2D eigenvalue weighted by Crippen LogP contribution is 2.37. The summed E-state index contributed by atoms with van der Waals surface area (Å²) in [7, 11) is 2.12. The summed E-state index contributed by atoms with van der Waals surface area (Å²) in [5.41, 5.74) is 0.230. The molecule has 1 rings (SSSR count). The van der Waals surface area contributed by atoms with E-state index in [1.54, 1.807) is 0 Å². The van der Waals surface area contributed by atoms with Crippen molar-refractivity contribution in [2.75, 3.05) is 33.2 Å². The van der Waals surface area contributed by atoms with E-state index in [0.717, 1.165) is 32.6 Å². The number of carbonyl (C=O) groups is 1. The van der Waals surface area contributed by atoms with Gasteiger partial charge in [0.05, 0.1) is 0 Å². The third-order valence-electron chi connectivity index (χ3n) is 3.97. The van der Waals surface area contributed by atoms with E-state index < -0.39 is 0 Å². The molecule has 0 aromatic carbocycles. The summed E-state index contributed by atoms with van der Waals surface area (Å²) in [5, 5.41) is 0. The van der Waals surface area contributed by atoms with Crippen LogP contribution >= 0.6 is 0 Å². The molecular formula is C16H32N2O. The second-order valence-electron chi connectivity index (χ2n) is 8.31. The highest BCUT2D eigenvalue weighted by molar-refractivity contribution is 5.79. The monoisotopic (exact) mass is 268 g/mol. The maximum Gasteiger partial charge on any atom is 0.226 e. The van der Waals surface area contributed by atoms with E-state index in [1.165, 1.54) is 0 Å². The Bertz CT molecular complexity index is 304. The summed E-state index contributed by atoms with van der Waals surface area (Å²) >= 11 is 0. The minimum absolute atomic E-state index is 0.0354. The second-order valence-corrected chi connectivity index (χ2v) is 8.31. The maximum atomic E-state index is 12.8. The predicted octanol–water partition coefficient (Wildman–Crippen LogP) is 2.86. The number of hydrogen-bond donors (Lipinski definition) is 0. The van der Waals surface area contributed by atoms with Gasteiger partial charge in [0.15, 0.2) is 0 Å². The molecule has 0 spiro atoms. The van der Waals surface area contributed by atoms with E-state index in [1.807, 2.05) is 0 Å². The van der Waals surface area contributed by atoms with Crippen LogP contribution in [0.3, 0.4) is 0 Å². The molecule has 0 unspecified atom stereocenters. The lowest BCUT2D eigenvalue weighted by Gasteiger charge is -2.40. The summed E-state index contributed by atoms with van der Waals surface area (Å²) in [4.78, 5) is 17.2. The third-order valence-corrected chi connectivity index (χ3v) is 3.97. The van der Waals surface area contributed by atoms with Gasteiger partial charge in [-0.3, -0.25) is 4.79 Å². The average Bonchev–Trinajstić information content (AvgIpc) is 2.23. The van der Waals surface area contributed by atoms with E-state index >= 15 is 0 Å². The van der Waals surface area contributed by atoms with Crippen LogP contribution in [0.1, 0.15) is 48.0 Å². The van der Waals surface area contributed by atoms with Crippen molar-refractivity contribution in [1.29, 1.82) is 0 Å². The molecule has 112 valence electrons. The Morgan fingerprint density at radius 3 is 1.84 bits per heavy atom. The normalized spacial score (nSPS) is 20.5. The Kier molecular flexibility index (Phi) is 5.05. The van der Waals surface area contributed by atoms with Gasteiger partial charge >= 0.3 is 0 Å². The molecule has 0 radical (unpaired) electrons. The summed E-state index contributed by atoms with van der Waals surface area (Å²) < 4.78 is 0. The van der Waals surface area contributed by atoms with Gasteiger partial charge in [0, 0.05) is 32.1 Å². The lowest BCUT2D eigenvalue weighted by Crippen LogP contribution is -2.51. The summed E-state index contributed by atoms with van der Waals surface area (Å²) in [6.45, 7) is 17.0. The molecule has 1 aliphatic rings. The fourth-order valence-corrected chi connectivity index (χ4v) is 2.62. The minimum atomic E-state index is 0.0354. The number of carbonyl (C=O) groups excluding carboxylic acids is 1. The SMILES string of the molecule is CN1CCN(C(=O)[C@H](CC(C)(C)C)C(C)(C)C)CC1. The fourth-order valence-electron chi connectivity index (χ4n) is 2.62. The van der Waals surface area contributed by atoms with Gasteiger partial charge in [0.2, 0.25) is 5.91 Å². The molecule has 0 aliphatic carbocycles. The molecule has 0 aromatic heterocycles. The van der Waals surface area contributed by atoms with Crippen molar-refractivity contribution < 1.29 is 4.79 Å². The number of amides is 1. The summed E-state index contributed by atoms with van der Waals surface area (Å²) in [6, 6.07) is 0. The van der Waals surface area contributed by atoms with Gasteiger partial charge in [-0.05, 0) is 24.3 Å². The first-order valence-corrected chi connectivity index (χ1v) is 7.48. The molecule has 1 saturated heterocycles. The van der Waals surface area contributed by atoms with Gasteiger partial charge in [-0.15, -0.1) is 0 Å². The van der Waals surface area contributed by atoms with Crippen LogP contribution in [0.2, 0.25) is 0 Å². The zero-order chi connectivity index (χ0) is 14.8. The maximum absolute atomic E-state index is 12.8. The van der Waals surface area contributed by atoms with Gasteiger partial charge in [-0.2, -0.15) is 0 Å². The third kappa shape index (κ3) is 5.13. The fraction of sp³-hybridized carbons (Fsp3) is 0.938. The molecule has 1 heterocycles. The topological polar surface area (TPSA) is 23.6 Å². The van der Waals surface area contributed by atoms with Crippen molar-refractivity contribution >= 4 is 5.91 Å². The highest BCUT2D eigenvalue weighted by atomic mass is 16.2. The van der Waals surface area contributed by atoms with Gasteiger partial charge < -0.3 is 9.80 Å². The standard InChI is InChI=1S/C16H32N2O/c1-15(2,3)12-13(16(4,5)6)14(19)18-10-8-17(7)9-11-18/h13H,8-12H2,1-7H3/t13-/m0/s1. The molecule has 1 atom stereocenters. The number of rotatable bonds is 2. The van der Waals surface area contributed by atoms with Gasteiger partial charge in [0.1, 0.15) is 0 Å². The minimum Gasteiger partial charge on any atom is -0.340 e. The first-order chi connectivity index (χ1) is 8.50. The van der Waals surface area contributed by atoms with E-state index in [2.05, 4.69) is 58.4 Å². The van der Waals surface area contributed by atoms with Crippen LogP contribution in [-0.4, -0.2) is 48.9 Å². The van der Waals surface area contributed by atoms with Gasteiger partial charge in [-0.1, -0.05) is 41.5 Å². The van der Waals surface area contributed by atoms with E-state index in [0.29, 0.717) is 5.91 Å². The van der Waals surface area contributed by atoms with Crippen molar-refractivity contribution in [3.63, 3.8) is 0 Å². The first-order valence-electron chi connectivity index (χ1n) is 7.48. The van der Waals surface area contributed by atoms with Crippen molar-refractivity contribution in [1.82, 2.24) is 9.80 Å². The predicted molar refractivity (Wildman–Crippen MR) is 81.1 cm³/mol. The van der Waals surface area contributed by atoms with Gasteiger partial charge in [0.25, 0.3) is 0 Å². The summed E-state index contributed by atoms with van der Waals surface area (Å²) in [6.07, 6.45) is 0.960. The van der Waals surface area contributed by atoms with E-state index in [-0.39, 0.29) is 16.7 Å². The molecule has 0 saturated carbocycles. The van der Waals surface area contributed by atoms with Crippen LogP contribution in [0.5, 0.6) is 0 Å². The Morgan fingerprint density at radius 1 is 1.00 bits per heavy atom. The van der Waals surface area contributed by atoms with E-state index in [4.69, 9.17) is 0 Å². The molecule has 3 nitrogen and oxygen atoms in total. The molecular weight excluding hydrogens is 236 g/mol. The van der Waals surface area contributed by atoms with Crippen LogP contribution in [-0.2, 0) is 4.79 Å². The number of piperazine rings is 1. The molecule has 1 amide bonds. The average molecular weight is 268 g/mol. The smallest absolute Gasteiger partial charge is 0.226 e. The molecule has 0 aromatic rings. The Labute approximate surface area is 119 Å². The Hall–Kier alpha value is -0.570. The number of likely N-dealkylation sites (N-methyl/N-ethyl adjacent to an activating group) is 1. The molecule has 19 heavy (non-hydrogen) atoms. The zero-order valence-corrected chi connectivity index (χ0v) is 13.9. The van der Waals surface area contributed by atoms with Crippen molar-refractivity contribution in [3.8, 4) is 0 Å². The van der Waals surface area contributed by atoms with Crippen molar-refractivity contribution in [2.24, 2.45) is 16.7 Å². The molecule has 0 N–H and O–H groups in total. The van der Waals surface area contributed by atoms with E-state index in [9.17, 15) is 4.79 Å². The van der Waals surface area contributed by atoms with Crippen molar-refractivity contribution in [2.45, 2.75) is 48.0 Å². The lowest BCUT2D eigenvalue weighted by molar-refractivity contribution is -0.142. The molecule has 0 bridgehead atoms. The second kappa shape index (κ2) is 5.82. The van der Waals surface area contributed by atoms with Crippen molar-refractivity contribution in [3.05, 3.63) is 0 Å². The van der Waals surface area contributed by atoms with Crippen LogP contribution in [0.15, 0.2) is 0 Å². The first kappa shape index (κ1) is 16.5. The summed E-state index contributed by atoms with van der Waals surface area (Å²) in [5.74, 6) is 0.478. The number of hydrogen-bond acceptors (Lipinski definition) is 2.